The van der Waals surface area contributed by atoms with Gasteiger partial charge in [-0.1, -0.05) is 242 Å². The van der Waals surface area contributed by atoms with E-state index >= 15 is 0 Å². The van der Waals surface area contributed by atoms with Crippen LogP contribution in [0.4, 0.5) is 0 Å². The third-order valence-corrected chi connectivity index (χ3v) is 12.2. The second kappa shape index (κ2) is 54.7. The molecule has 6 nitrogen and oxygen atoms in total. The zero-order chi connectivity index (χ0) is 47.9. The third kappa shape index (κ3) is 52.1. The van der Waals surface area contributed by atoms with Crippen LogP contribution in [0.2, 0.25) is 0 Å². The van der Waals surface area contributed by atoms with Gasteiger partial charge in [0.05, 0.1) is 0 Å². The van der Waals surface area contributed by atoms with Gasteiger partial charge in [0.2, 0.25) is 0 Å². The van der Waals surface area contributed by atoms with Crippen LogP contribution >= 0.6 is 0 Å². The Morgan fingerprint density at radius 2 is 0.561 bits per heavy atom. The van der Waals surface area contributed by atoms with Gasteiger partial charge >= 0.3 is 17.9 Å². The third-order valence-electron chi connectivity index (χ3n) is 12.2. The highest BCUT2D eigenvalue weighted by molar-refractivity contribution is 5.71. The van der Waals surface area contributed by atoms with E-state index in [-0.39, 0.29) is 37.5 Å². The topological polar surface area (TPSA) is 78.9 Å². The first kappa shape index (κ1) is 63.1. The molecule has 0 unspecified atom stereocenters. The molecule has 0 spiro atoms. The normalized spacial score (nSPS) is 12.5. The molecule has 0 amide bonds. The van der Waals surface area contributed by atoms with E-state index in [4.69, 9.17) is 14.2 Å². The van der Waals surface area contributed by atoms with E-state index in [0.717, 1.165) is 77.0 Å². The summed E-state index contributed by atoms with van der Waals surface area (Å²) in [5.74, 6) is -0.948. The number of hydrogen-bond acceptors (Lipinski definition) is 6. The van der Waals surface area contributed by atoms with E-state index in [1.165, 1.54) is 161 Å². The molecule has 382 valence electrons. The van der Waals surface area contributed by atoms with Crippen molar-refractivity contribution in [1.82, 2.24) is 0 Å². The van der Waals surface area contributed by atoms with Crippen LogP contribution in [0.25, 0.3) is 0 Å². The van der Waals surface area contributed by atoms with Gasteiger partial charge in [-0.05, 0) is 83.5 Å². The molecule has 0 fully saturated rings. The molecule has 1 atom stereocenters. The molecule has 66 heavy (non-hydrogen) atoms. The lowest BCUT2D eigenvalue weighted by Crippen LogP contribution is -2.30. The van der Waals surface area contributed by atoms with Gasteiger partial charge in [-0.15, -0.1) is 0 Å². The van der Waals surface area contributed by atoms with E-state index in [1.54, 1.807) is 0 Å². The maximum absolute atomic E-state index is 12.8. The highest BCUT2D eigenvalue weighted by Crippen LogP contribution is 2.15. The second-order valence-corrected chi connectivity index (χ2v) is 18.8. The van der Waals surface area contributed by atoms with Crippen molar-refractivity contribution in [2.45, 2.75) is 290 Å². The lowest BCUT2D eigenvalue weighted by molar-refractivity contribution is -0.167. The van der Waals surface area contributed by atoms with Crippen molar-refractivity contribution < 1.29 is 28.6 Å². The molecule has 0 aliphatic rings. The Bertz CT molecular complexity index is 1200. The summed E-state index contributed by atoms with van der Waals surface area (Å²) in [4.78, 5) is 38.1. The fourth-order valence-electron chi connectivity index (χ4n) is 7.96. The smallest absolute Gasteiger partial charge is 0.306 e. The van der Waals surface area contributed by atoms with Crippen LogP contribution in [0.1, 0.15) is 284 Å². The first-order valence-electron chi connectivity index (χ1n) is 28.3. The summed E-state index contributed by atoms with van der Waals surface area (Å²) >= 11 is 0. The molecule has 0 aliphatic heterocycles. The quantitative estimate of drug-likeness (QED) is 0.0262. The van der Waals surface area contributed by atoms with Gasteiger partial charge in [-0.25, -0.2) is 0 Å². The van der Waals surface area contributed by atoms with Crippen LogP contribution in [0, 0.1) is 0 Å². The molecule has 0 aromatic heterocycles. The molecule has 0 aromatic rings. The molecule has 6 heteroatoms. The van der Waals surface area contributed by atoms with Crippen LogP contribution in [-0.4, -0.2) is 37.2 Å². The Hall–Kier alpha value is -2.89. The largest absolute Gasteiger partial charge is 0.462 e. The van der Waals surface area contributed by atoms with E-state index in [1.807, 2.05) is 0 Å². The minimum absolute atomic E-state index is 0.0920. The minimum Gasteiger partial charge on any atom is -0.462 e. The van der Waals surface area contributed by atoms with Crippen molar-refractivity contribution in [2.75, 3.05) is 13.2 Å². The molecule has 0 bridgehead atoms. The molecular formula is C60H106O6. The van der Waals surface area contributed by atoms with Gasteiger partial charge in [0.25, 0.3) is 0 Å². The van der Waals surface area contributed by atoms with Crippen molar-refractivity contribution in [3.05, 3.63) is 60.8 Å². The average Bonchev–Trinajstić information content (AvgIpc) is 3.31. The maximum atomic E-state index is 12.8. The van der Waals surface area contributed by atoms with E-state index in [0.29, 0.717) is 19.3 Å². The monoisotopic (exact) mass is 923 g/mol. The van der Waals surface area contributed by atoms with Crippen LogP contribution in [0.3, 0.4) is 0 Å². The van der Waals surface area contributed by atoms with Crippen molar-refractivity contribution in [2.24, 2.45) is 0 Å². The lowest BCUT2D eigenvalue weighted by Gasteiger charge is -2.18. The molecule has 0 aromatic carbocycles. The van der Waals surface area contributed by atoms with E-state index < -0.39 is 6.10 Å². The van der Waals surface area contributed by atoms with Crippen LogP contribution in [-0.2, 0) is 28.6 Å². The maximum Gasteiger partial charge on any atom is 0.306 e. The fraction of sp³-hybridized carbons (Fsp3) is 0.783. The molecule has 0 saturated carbocycles. The van der Waals surface area contributed by atoms with Crippen LogP contribution in [0.5, 0.6) is 0 Å². The first-order valence-corrected chi connectivity index (χ1v) is 28.3. The highest BCUT2D eigenvalue weighted by Gasteiger charge is 2.19. The number of allylic oxidation sites excluding steroid dienone is 10. The standard InChI is InChI=1S/C60H106O6/c1-4-7-10-13-16-19-22-25-28-30-33-35-38-41-44-47-50-53-59(62)65-56-57(55-64-58(61)52-49-46-43-40-37-34-31-27-24-21-18-15-12-9-6-3)66-60(63)54-51-48-45-42-39-36-32-29-26-23-20-17-14-11-8-5-2/h16,19,25,28-29,32-33,35,41,44,57H,4-15,17-18,20-24,26-27,30-31,34,36-40,42-43,45-56H2,1-3H3/b19-16-,28-25-,32-29-,35-33-,44-41-/t57-/m1/s1. The highest BCUT2D eigenvalue weighted by atomic mass is 16.6. The molecule has 0 saturated heterocycles. The number of unbranched alkanes of at least 4 members (excludes halogenated alkanes) is 30. The van der Waals surface area contributed by atoms with E-state index in [2.05, 4.69) is 81.5 Å². The number of carbonyl (C=O) groups is 3. The number of esters is 3. The Kier molecular flexibility index (Phi) is 52.3. The molecule has 0 N–H and O–H groups in total. The van der Waals surface area contributed by atoms with E-state index in [9.17, 15) is 14.4 Å². The zero-order valence-electron chi connectivity index (χ0n) is 43.7. The summed E-state index contributed by atoms with van der Waals surface area (Å²) in [6.07, 6.45) is 67.8. The second-order valence-electron chi connectivity index (χ2n) is 18.8. The number of carbonyl (C=O) groups excluding carboxylic acids is 3. The Morgan fingerprint density at radius 1 is 0.303 bits per heavy atom. The van der Waals surface area contributed by atoms with Crippen molar-refractivity contribution >= 4 is 17.9 Å². The van der Waals surface area contributed by atoms with Crippen LogP contribution in [0.15, 0.2) is 60.8 Å². The summed E-state index contributed by atoms with van der Waals surface area (Å²) < 4.78 is 16.8. The Balaban J connectivity index is 4.46. The minimum atomic E-state index is -0.798. The average molecular weight is 924 g/mol. The lowest BCUT2D eigenvalue weighted by atomic mass is 10.0. The SMILES string of the molecule is CCCCC/C=C\C/C=C\C/C=C\C/C=C\CCCC(=O)OC[C@@H](COC(=O)CCCCCCCCCCCCCCCCC)OC(=O)CCCCCCC/C=C\CCCCCCCCC. The number of hydrogen-bond donors (Lipinski definition) is 0. The van der Waals surface area contributed by atoms with Gasteiger partial charge < -0.3 is 14.2 Å². The molecule has 0 radical (unpaired) electrons. The summed E-state index contributed by atoms with van der Waals surface area (Å²) in [6.45, 7) is 6.58. The summed E-state index contributed by atoms with van der Waals surface area (Å²) in [5, 5.41) is 0. The van der Waals surface area contributed by atoms with Crippen molar-refractivity contribution in [3.63, 3.8) is 0 Å². The van der Waals surface area contributed by atoms with Gasteiger partial charge in [0, 0.05) is 19.3 Å². The Morgan fingerprint density at radius 3 is 0.955 bits per heavy atom. The zero-order valence-corrected chi connectivity index (χ0v) is 43.7. The first-order chi connectivity index (χ1) is 32.5. The summed E-state index contributed by atoms with van der Waals surface area (Å²) in [7, 11) is 0. The number of ether oxygens (including phenoxy) is 3. The molecule has 0 rings (SSSR count). The molecule has 0 aliphatic carbocycles. The number of rotatable bonds is 51. The van der Waals surface area contributed by atoms with Gasteiger partial charge in [0.15, 0.2) is 6.10 Å². The van der Waals surface area contributed by atoms with Gasteiger partial charge in [-0.3, -0.25) is 14.4 Å². The van der Waals surface area contributed by atoms with Crippen molar-refractivity contribution in [3.8, 4) is 0 Å². The van der Waals surface area contributed by atoms with Gasteiger partial charge in [-0.2, -0.15) is 0 Å². The fourth-order valence-corrected chi connectivity index (χ4v) is 7.96. The summed E-state index contributed by atoms with van der Waals surface area (Å²) in [6, 6.07) is 0. The van der Waals surface area contributed by atoms with Crippen LogP contribution < -0.4 is 0 Å². The predicted octanol–water partition coefficient (Wildman–Crippen LogP) is 18.8. The van der Waals surface area contributed by atoms with Gasteiger partial charge in [0.1, 0.15) is 13.2 Å². The summed E-state index contributed by atoms with van der Waals surface area (Å²) in [5.41, 5.74) is 0. The molecular weight excluding hydrogens is 817 g/mol. The Labute approximate surface area is 409 Å². The molecule has 0 heterocycles. The predicted molar refractivity (Wildman–Crippen MR) is 284 cm³/mol. The van der Waals surface area contributed by atoms with Crippen molar-refractivity contribution in [1.29, 1.82) is 0 Å².